The number of piperidine rings is 1. The van der Waals surface area contributed by atoms with Crippen LogP contribution >= 0.6 is 0 Å². The Bertz CT molecular complexity index is 1820. The summed E-state index contributed by atoms with van der Waals surface area (Å²) >= 11 is 0. The van der Waals surface area contributed by atoms with E-state index in [0.717, 1.165) is 37.1 Å². The number of piperazine rings is 1. The van der Waals surface area contributed by atoms with Gasteiger partial charge in [-0.3, -0.25) is 0 Å². The number of para-hydroxylation sites is 1. The number of anilines is 3. The van der Waals surface area contributed by atoms with Crippen molar-refractivity contribution in [1.29, 1.82) is 0 Å². The number of benzene rings is 1. The van der Waals surface area contributed by atoms with Gasteiger partial charge in [-0.15, -0.1) is 10.2 Å². The first kappa shape index (κ1) is 37.2. The van der Waals surface area contributed by atoms with Crippen molar-refractivity contribution in [3.63, 3.8) is 0 Å². The predicted octanol–water partition coefficient (Wildman–Crippen LogP) is 5.24. The summed E-state index contributed by atoms with van der Waals surface area (Å²) in [6.45, 7) is 13.6. The van der Waals surface area contributed by atoms with Gasteiger partial charge in [-0.1, -0.05) is 24.8 Å². The van der Waals surface area contributed by atoms with Gasteiger partial charge in [0.1, 0.15) is 29.6 Å². The largest absolute Gasteiger partial charge is 0.514 e. The molecule has 3 aromatic rings. The van der Waals surface area contributed by atoms with Crippen molar-refractivity contribution < 1.29 is 38.0 Å². The Morgan fingerprint density at radius 1 is 1.02 bits per heavy atom. The summed E-state index contributed by atoms with van der Waals surface area (Å²) in [6, 6.07) is 13.0. The minimum atomic E-state index is -0.838. The number of nitrogens with zero attached hydrogens (tertiary/aromatic N) is 6. The molecule has 4 aliphatic rings. The highest BCUT2D eigenvalue weighted by Crippen LogP contribution is 2.39. The van der Waals surface area contributed by atoms with Crippen LogP contribution in [0, 0.1) is 0 Å². The van der Waals surface area contributed by atoms with E-state index in [1.807, 2.05) is 45.0 Å². The lowest BCUT2D eigenvalue weighted by Gasteiger charge is -2.56. The maximum Gasteiger partial charge on any atom is 0.514 e. The number of likely N-dealkylation sites (tertiary alicyclic amines) is 1. The molecule has 3 saturated heterocycles. The van der Waals surface area contributed by atoms with Crippen molar-refractivity contribution in [2.24, 2.45) is 0 Å². The highest BCUT2D eigenvalue weighted by Gasteiger charge is 2.49. The lowest BCUT2D eigenvalue weighted by atomic mass is 9.90. The lowest BCUT2D eigenvalue weighted by molar-refractivity contribution is -0.110. The second-order valence-corrected chi connectivity index (χ2v) is 15.2. The third-order valence-corrected chi connectivity index (χ3v) is 10.1. The van der Waals surface area contributed by atoms with Crippen LogP contribution < -0.4 is 25.0 Å². The molecule has 1 aliphatic carbocycles. The molecule has 15 nitrogen and oxygen atoms in total. The fraction of sp³-hybridized carbons (Fsp3) is 0.513. The Kier molecular flexibility index (Phi) is 10.8. The zero-order valence-corrected chi connectivity index (χ0v) is 31.1. The number of nitrogen functional groups attached to an aromatic ring is 1. The van der Waals surface area contributed by atoms with Gasteiger partial charge >= 0.3 is 12.2 Å². The topological polar surface area (TPSA) is 164 Å². The molecular formula is C39H49N7O8. The van der Waals surface area contributed by atoms with Gasteiger partial charge in [0.05, 0.1) is 36.8 Å². The highest BCUT2D eigenvalue weighted by molar-refractivity contribution is 5.77. The number of aromatic nitrogens is 3. The molecule has 2 N–H and O–H groups in total. The average molecular weight is 744 g/mol. The van der Waals surface area contributed by atoms with Crippen molar-refractivity contribution in [3.8, 4) is 22.9 Å². The number of amides is 1. The molecule has 2 aromatic heterocycles. The van der Waals surface area contributed by atoms with E-state index < -0.39 is 11.8 Å². The molecule has 288 valence electrons. The van der Waals surface area contributed by atoms with E-state index in [-0.39, 0.29) is 36.6 Å². The van der Waals surface area contributed by atoms with Gasteiger partial charge in [0, 0.05) is 69.1 Å². The third kappa shape index (κ3) is 8.47. The summed E-state index contributed by atoms with van der Waals surface area (Å²) in [5, 5.41) is 8.62. The number of carbonyl (C=O) groups excluding carboxylic acids is 2. The molecule has 1 amide bonds. The number of hydrogen-bond donors (Lipinski definition) is 1. The first-order chi connectivity index (χ1) is 26.0. The van der Waals surface area contributed by atoms with Gasteiger partial charge < -0.3 is 48.9 Å². The van der Waals surface area contributed by atoms with Crippen LogP contribution in [0.25, 0.3) is 11.3 Å². The van der Waals surface area contributed by atoms with Crippen LogP contribution in [0.15, 0.2) is 61.3 Å². The van der Waals surface area contributed by atoms with E-state index in [9.17, 15) is 9.59 Å². The molecule has 15 heteroatoms. The van der Waals surface area contributed by atoms with Crippen LogP contribution in [0.1, 0.15) is 46.5 Å². The highest BCUT2D eigenvalue weighted by atomic mass is 16.7. The van der Waals surface area contributed by atoms with Gasteiger partial charge in [-0.05, 0) is 57.9 Å². The van der Waals surface area contributed by atoms with Crippen LogP contribution in [-0.2, 0) is 18.9 Å². The molecule has 4 fully saturated rings. The molecule has 5 heterocycles. The summed E-state index contributed by atoms with van der Waals surface area (Å²) < 4.78 is 34.5. The first-order valence-electron chi connectivity index (χ1n) is 18.5. The van der Waals surface area contributed by atoms with Gasteiger partial charge in [0.2, 0.25) is 5.88 Å². The first-order valence-corrected chi connectivity index (χ1v) is 18.5. The molecule has 1 aromatic carbocycles. The number of hydrogen-bond acceptors (Lipinski definition) is 14. The molecule has 7 rings (SSSR count). The smallest absolute Gasteiger partial charge is 0.474 e. The molecule has 54 heavy (non-hydrogen) atoms. The minimum absolute atomic E-state index is 0.0297. The van der Waals surface area contributed by atoms with E-state index in [4.69, 9.17) is 34.2 Å². The molecule has 1 saturated carbocycles. The minimum Gasteiger partial charge on any atom is -0.474 e. The Hall–Kier alpha value is -5.15. The van der Waals surface area contributed by atoms with Gasteiger partial charge in [-0.2, -0.15) is 0 Å². The van der Waals surface area contributed by atoms with Crippen LogP contribution in [0.4, 0.5) is 26.8 Å². The molecule has 0 bridgehead atoms. The zero-order chi connectivity index (χ0) is 37.9. The number of rotatable bonds is 10. The third-order valence-electron chi connectivity index (χ3n) is 10.1. The monoisotopic (exact) mass is 743 g/mol. The van der Waals surface area contributed by atoms with E-state index in [0.29, 0.717) is 74.6 Å². The van der Waals surface area contributed by atoms with Crippen LogP contribution in [0.3, 0.4) is 0 Å². The van der Waals surface area contributed by atoms with E-state index in [2.05, 4.69) is 31.6 Å². The van der Waals surface area contributed by atoms with E-state index >= 15 is 0 Å². The van der Waals surface area contributed by atoms with Crippen molar-refractivity contribution in [2.45, 2.75) is 75.9 Å². The van der Waals surface area contributed by atoms with Crippen molar-refractivity contribution in [1.82, 2.24) is 20.1 Å². The van der Waals surface area contributed by atoms with E-state index in [1.54, 1.807) is 29.3 Å². The summed E-state index contributed by atoms with van der Waals surface area (Å²) in [5.41, 5.74) is 8.47. The van der Waals surface area contributed by atoms with Crippen molar-refractivity contribution in [2.75, 3.05) is 68.1 Å². The Morgan fingerprint density at radius 3 is 2.52 bits per heavy atom. The number of ether oxygens (including phenoxy) is 6. The van der Waals surface area contributed by atoms with Crippen molar-refractivity contribution >= 4 is 29.4 Å². The van der Waals surface area contributed by atoms with Crippen LogP contribution in [0.2, 0.25) is 0 Å². The number of nitrogens with two attached hydrogens (primary N) is 1. The van der Waals surface area contributed by atoms with Crippen LogP contribution in [-0.4, -0.2) is 114 Å². The SMILES string of the molecule is C=CCOC(=O)Oc1ccccc1-c1cc(N2CCN(c3ccnc(OC4CC(OC5CCN(C(=O)OC(C)(C)C)CC5)C4)c3)C3(COC3)C2)c(N)nn1. The molecular weight excluding hydrogens is 694 g/mol. The van der Waals surface area contributed by atoms with Gasteiger partial charge in [-0.25, -0.2) is 14.6 Å². The second-order valence-electron chi connectivity index (χ2n) is 15.2. The maximum absolute atomic E-state index is 12.4. The molecule has 3 aliphatic heterocycles. The number of pyridine rings is 1. The van der Waals surface area contributed by atoms with Gasteiger partial charge in [0.15, 0.2) is 5.82 Å². The molecule has 1 spiro atoms. The fourth-order valence-corrected chi connectivity index (χ4v) is 7.26. The Balaban J connectivity index is 0.947. The average Bonchev–Trinajstić information content (AvgIpc) is 3.12. The molecule has 0 unspecified atom stereocenters. The standard InChI is InChI=1S/C39H49N7O8/c1-5-18-50-37(48)53-33-9-7-6-8-30(33)31-22-32(35(40)43-42-31)45-16-17-46(39(23-45)24-49-25-39)26-10-13-41-34(19-26)52-29-20-28(21-29)51-27-11-14-44(15-12-27)36(47)54-38(2,3)4/h5-10,13,19,22,27-29H,1,11-12,14-18,20-21,23-25H2,2-4H3,(H2,40,43). The molecule has 0 radical (unpaired) electrons. The Labute approximate surface area is 315 Å². The fourth-order valence-electron chi connectivity index (χ4n) is 7.26. The van der Waals surface area contributed by atoms with E-state index in [1.165, 1.54) is 6.08 Å². The summed E-state index contributed by atoms with van der Waals surface area (Å²) in [6.07, 6.45) is 5.65. The Morgan fingerprint density at radius 2 is 1.80 bits per heavy atom. The van der Waals surface area contributed by atoms with Crippen molar-refractivity contribution in [3.05, 3.63) is 61.3 Å². The van der Waals surface area contributed by atoms with Gasteiger partial charge in [0.25, 0.3) is 0 Å². The van der Waals surface area contributed by atoms with Crippen LogP contribution in [0.5, 0.6) is 11.6 Å². The number of carbonyl (C=O) groups is 2. The zero-order valence-electron chi connectivity index (χ0n) is 31.1. The lowest BCUT2D eigenvalue weighted by Crippen LogP contribution is -2.72. The molecule has 0 atom stereocenters. The predicted molar refractivity (Wildman–Crippen MR) is 201 cm³/mol. The summed E-state index contributed by atoms with van der Waals surface area (Å²) in [4.78, 5) is 35.5. The second kappa shape index (κ2) is 15.7. The summed E-state index contributed by atoms with van der Waals surface area (Å²) in [5.74, 6) is 1.18. The summed E-state index contributed by atoms with van der Waals surface area (Å²) in [7, 11) is 0. The quantitative estimate of drug-likeness (QED) is 0.163. The maximum atomic E-state index is 12.4. The normalized spacial score (nSPS) is 21.1.